The second-order valence-corrected chi connectivity index (χ2v) is 3.42. The van der Waals surface area contributed by atoms with Crippen LogP contribution in [0.4, 0.5) is 5.69 Å². The lowest BCUT2D eigenvalue weighted by molar-refractivity contribution is 0.389. The minimum atomic E-state index is 0.824. The second kappa shape index (κ2) is 3.19. The van der Waals surface area contributed by atoms with E-state index in [1.807, 2.05) is 12.4 Å². The molecule has 0 amide bonds. The molecule has 2 heterocycles. The molecular weight excluding hydrogens is 150 g/mol. The van der Waals surface area contributed by atoms with E-state index in [1.165, 1.54) is 25.2 Å². The molecule has 0 unspecified atom stereocenters. The van der Waals surface area contributed by atoms with Crippen LogP contribution in [0.25, 0.3) is 0 Å². The van der Waals surface area contributed by atoms with Gasteiger partial charge in [0.05, 0.1) is 5.69 Å². The Hall–Kier alpha value is -0.960. The average Bonchev–Trinajstić information content (AvgIpc) is 2.47. The zero-order chi connectivity index (χ0) is 8.39. The van der Waals surface area contributed by atoms with Gasteiger partial charge >= 0.3 is 0 Å². The summed E-state index contributed by atoms with van der Waals surface area (Å²) < 4.78 is 0. The zero-order valence-electron chi connectivity index (χ0n) is 7.16. The van der Waals surface area contributed by atoms with Crippen LogP contribution in [0.2, 0.25) is 0 Å². The summed E-state index contributed by atoms with van der Waals surface area (Å²) in [5.74, 6) is 0.824. The molecule has 2 rings (SSSR count). The first-order valence-corrected chi connectivity index (χ1v) is 4.48. The number of rotatable bonds is 3. The van der Waals surface area contributed by atoms with E-state index < -0.39 is 0 Å². The molecule has 1 aromatic heterocycles. The van der Waals surface area contributed by atoms with E-state index >= 15 is 0 Å². The highest BCUT2D eigenvalue weighted by molar-refractivity contribution is 5.46. The molecule has 1 aromatic rings. The second-order valence-electron chi connectivity index (χ2n) is 3.42. The molecule has 12 heavy (non-hydrogen) atoms. The molecule has 1 aliphatic rings. The van der Waals surface area contributed by atoms with Gasteiger partial charge in [-0.1, -0.05) is 0 Å². The van der Waals surface area contributed by atoms with E-state index in [0.717, 1.165) is 12.5 Å². The van der Waals surface area contributed by atoms with Gasteiger partial charge in [0.25, 0.3) is 0 Å². The predicted octanol–water partition coefficient (Wildman–Crippen LogP) is 0.800. The number of H-pyrrole nitrogens is 1. The van der Waals surface area contributed by atoms with Crippen molar-refractivity contribution < 1.29 is 0 Å². The molecule has 3 heteroatoms. The number of nitrogens with one attached hydrogen (secondary N) is 1. The van der Waals surface area contributed by atoms with E-state index in [9.17, 15) is 0 Å². The first-order chi connectivity index (χ1) is 5.90. The number of anilines is 1. The van der Waals surface area contributed by atoms with Crippen LogP contribution < -0.4 is 10.6 Å². The lowest BCUT2D eigenvalue weighted by Crippen LogP contribution is -2.47. The molecular formula is C9H15N3. The summed E-state index contributed by atoms with van der Waals surface area (Å²) >= 11 is 0. The Kier molecular flexibility index (Phi) is 2.04. The SMILES string of the molecule is NCCC1CN(c2cc[nH]c2)C1. The third kappa shape index (κ3) is 1.32. The molecule has 0 aliphatic carbocycles. The van der Waals surface area contributed by atoms with Crippen molar-refractivity contribution in [3.05, 3.63) is 18.5 Å². The zero-order valence-corrected chi connectivity index (χ0v) is 7.16. The van der Waals surface area contributed by atoms with Crippen molar-refractivity contribution >= 4 is 5.69 Å². The molecule has 0 saturated carbocycles. The average molecular weight is 165 g/mol. The Bertz CT molecular complexity index is 224. The van der Waals surface area contributed by atoms with Crippen molar-refractivity contribution in [3.63, 3.8) is 0 Å². The van der Waals surface area contributed by atoms with Crippen LogP contribution >= 0.6 is 0 Å². The summed E-state index contributed by atoms with van der Waals surface area (Å²) in [5, 5.41) is 0. The first-order valence-electron chi connectivity index (χ1n) is 4.48. The monoisotopic (exact) mass is 165 g/mol. The van der Waals surface area contributed by atoms with Crippen molar-refractivity contribution in [3.8, 4) is 0 Å². The van der Waals surface area contributed by atoms with Crippen molar-refractivity contribution in [2.75, 3.05) is 24.5 Å². The number of aromatic nitrogens is 1. The van der Waals surface area contributed by atoms with Crippen molar-refractivity contribution in [1.82, 2.24) is 4.98 Å². The Labute approximate surface area is 72.6 Å². The van der Waals surface area contributed by atoms with Gasteiger partial charge in [0.1, 0.15) is 0 Å². The molecule has 1 aliphatic heterocycles. The van der Waals surface area contributed by atoms with Crippen LogP contribution in [0.15, 0.2) is 18.5 Å². The minimum Gasteiger partial charge on any atom is -0.370 e. The third-order valence-electron chi connectivity index (χ3n) is 2.48. The lowest BCUT2D eigenvalue weighted by atomic mass is 9.96. The summed E-state index contributed by atoms with van der Waals surface area (Å²) in [4.78, 5) is 5.43. The highest BCUT2D eigenvalue weighted by Crippen LogP contribution is 2.25. The van der Waals surface area contributed by atoms with Crippen LogP contribution in [-0.4, -0.2) is 24.6 Å². The summed E-state index contributed by atoms with van der Waals surface area (Å²) in [6.07, 6.45) is 5.17. The number of nitrogens with zero attached hydrogens (tertiary/aromatic N) is 1. The Morgan fingerprint density at radius 3 is 3.00 bits per heavy atom. The molecule has 3 N–H and O–H groups in total. The maximum atomic E-state index is 5.48. The molecule has 0 radical (unpaired) electrons. The Morgan fingerprint density at radius 1 is 1.58 bits per heavy atom. The molecule has 1 fully saturated rings. The van der Waals surface area contributed by atoms with Crippen LogP contribution in [0.5, 0.6) is 0 Å². The van der Waals surface area contributed by atoms with Crippen molar-refractivity contribution in [2.45, 2.75) is 6.42 Å². The van der Waals surface area contributed by atoms with Crippen molar-refractivity contribution in [2.24, 2.45) is 11.7 Å². The number of nitrogens with two attached hydrogens (primary N) is 1. The fraction of sp³-hybridized carbons (Fsp3) is 0.556. The Morgan fingerprint density at radius 2 is 2.42 bits per heavy atom. The fourth-order valence-corrected chi connectivity index (χ4v) is 1.71. The van der Waals surface area contributed by atoms with E-state index in [1.54, 1.807) is 0 Å². The largest absolute Gasteiger partial charge is 0.370 e. The summed E-state index contributed by atoms with van der Waals surface area (Å²) in [7, 11) is 0. The predicted molar refractivity (Wildman–Crippen MR) is 50.2 cm³/mol. The molecule has 0 atom stereocenters. The van der Waals surface area contributed by atoms with Gasteiger partial charge in [-0.3, -0.25) is 0 Å². The van der Waals surface area contributed by atoms with Gasteiger partial charge in [0.15, 0.2) is 0 Å². The highest BCUT2D eigenvalue weighted by atomic mass is 15.2. The Balaban J connectivity index is 1.82. The number of aromatic amines is 1. The number of hydrogen-bond acceptors (Lipinski definition) is 2. The van der Waals surface area contributed by atoms with Gasteiger partial charge in [0.2, 0.25) is 0 Å². The lowest BCUT2D eigenvalue weighted by Gasteiger charge is -2.40. The van der Waals surface area contributed by atoms with E-state index in [0.29, 0.717) is 0 Å². The summed E-state index contributed by atoms with van der Waals surface area (Å²) in [6.45, 7) is 3.18. The van der Waals surface area contributed by atoms with E-state index in [4.69, 9.17) is 5.73 Å². The maximum absolute atomic E-state index is 5.48. The van der Waals surface area contributed by atoms with Gasteiger partial charge < -0.3 is 15.6 Å². The number of hydrogen-bond donors (Lipinski definition) is 2. The van der Waals surface area contributed by atoms with Crippen LogP contribution in [-0.2, 0) is 0 Å². The smallest absolute Gasteiger partial charge is 0.0543 e. The fourth-order valence-electron chi connectivity index (χ4n) is 1.71. The third-order valence-corrected chi connectivity index (χ3v) is 2.48. The van der Waals surface area contributed by atoms with E-state index in [-0.39, 0.29) is 0 Å². The van der Waals surface area contributed by atoms with Crippen LogP contribution in [0, 0.1) is 5.92 Å². The normalized spacial score (nSPS) is 17.9. The van der Waals surface area contributed by atoms with Crippen molar-refractivity contribution in [1.29, 1.82) is 0 Å². The molecule has 66 valence electrons. The molecule has 3 nitrogen and oxygen atoms in total. The van der Waals surface area contributed by atoms with Gasteiger partial charge in [-0.2, -0.15) is 0 Å². The molecule has 1 saturated heterocycles. The summed E-state index contributed by atoms with van der Waals surface area (Å²) in [6, 6.07) is 2.11. The summed E-state index contributed by atoms with van der Waals surface area (Å²) in [5.41, 5.74) is 6.79. The van der Waals surface area contributed by atoms with Crippen LogP contribution in [0.3, 0.4) is 0 Å². The van der Waals surface area contributed by atoms with Crippen LogP contribution in [0.1, 0.15) is 6.42 Å². The minimum absolute atomic E-state index is 0.824. The quantitative estimate of drug-likeness (QED) is 0.696. The molecule has 0 spiro atoms. The van der Waals surface area contributed by atoms with Gasteiger partial charge in [0, 0.05) is 25.5 Å². The first kappa shape index (κ1) is 7.68. The van der Waals surface area contributed by atoms with Gasteiger partial charge in [-0.25, -0.2) is 0 Å². The molecule has 0 bridgehead atoms. The van der Waals surface area contributed by atoms with Gasteiger partial charge in [-0.15, -0.1) is 0 Å². The highest BCUT2D eigenvalue weighted by Gasteiger charge is 2.25. The molecule has 0 aromatic carbocycles. The van der Waals surface area contributed by atoms with Gasteiger partial charge in [-0.05, 0) is 24.9 Å². The standard InChI is InChI=1S/C9H15N3/c10-3-1-8-6-12(7-8)9-2-4-11-5-9/h2,4-5,8,11H,1,3,6-7,10H2. The topological polar surface area (TPSA) is 45.0 Å². The maximum Gasteiger partial charge on any atom is 0.0543 e. The van der Waals surface area contributed by atoms with E-state index in [2.05, 4.69) is 16.0 Å².